The fourth-order valence-electron chi connectivity index (χ4n) is 1.95. The molecule has 0 aliphatic carbocycles. The summed E-state index contributed by atoms with van der Waals surface area (Å²) in [5.74, 6) is -0.440. The molecule has 5 nitrogen and oxygen atoms in total. The van der Waals surface area contributed by atoms with Crippen molar-refractivity contribution in [2.24, 2.45) is 0 Å². The zero-order valence-electron chi connectivity index (χ0n) is 11.8. The molecule has 0 fully saturated rings. The van der Waals surface area contributed by atoms with Crippen molar-refractivity contribution in [3.8, 4) is 11.8 Å². The monoisotopic (exact) mass is 337 g/mol. The molecule has 0 saturated heterocycles. The van der Waals surface area contributed by atoms with Gasteiger partial charge in [-0.2, -0.15) is 14.0 Å². The molecule has 0 aliphatic heterocycles. The zero-order chi connectivity index (χ0) is 17.0. The lowest BCUT2D eigenvalue weighted by molar-refractivity contribution is -0.115. The highest BCUT2D eigenvalue weighted by Crippen LogP contribution is 2.31. The molecule has 0 aliphatic rings. The van der Waals surface area contributed by atoms with Gasteiger partial charge in [-0.1, -0.05) is 11.6 Å². The summed E-state index contributed by atoms with van der Waals surface area (Å²) < 4.78 is 28.6. The van der Waals surface area contributed by atoms with Crippen LogP contribution in [-0.2, 0) is 4.79 Å². The number of halogens is 3. The Morgan fingerprint density at radius 1 is 1.39 bits per heavy atom. The van der Waals surface area contributed by atoms with Crippen LogP contribution in [0.3, 0.4) is 0 Å². The van der Waals surface area contributed by atoms with Gasteiger partial charge in [0.2, 0.25) is 5.91 Å². The molecule has 1 aromatic heterocycles. The summed E-state index contributed by atoms with van der Waals surface area (Å²) in [5.41, 5.74) is 0.576. The van der Waals surface area contributed by atoms with E-state index in [2.05, 4.69) is 9.72 Å². The van der Waals surface area contributed by atoms with Crippen molar-refractivity contribution in [1.82, 2.24) is 4.98 Å². The Bertz CT molecular complexity index is 760. The number of anilines is 2. The molecule has 23 heavy (non-hydrogen) atoms. The molecule has 0 unspecified atom stereocenters. The molecule has 0 saturated carbocycles. The lowest BCUT2D eigenvalue weighted by atomic mass is 10.2. The van der Waals surface area contributed by atoms with Gasteiger partial charge in [-0.15, -0.1) is 0 Å². The van der Waals surface area contributed by atoms with E-state index >= 15 is 0 Å². The average molecular weight is 338 g/mol. The van der Waals surface area contributed by atoms with E-state index in [1.54, 1.807) is 0 Å². The van der Waals surface area contributed by atoms with Gasteiger partial charge >= 0.3 is 6.61 Å². The Balaban J connectivity index is 2.46. The van der Waals surface area contributed by atoms with E-state index in [0.29, 0.717) is 5.69 Å². The van der Waals surface area contributed by atoms with Crippen LogP contribution >= 0.6 is 11.6 Å². The number of hydrogen-bond acceptors (Lipinski definition) is 4. The number of alkyl halides is 2. The fraction of sp³-hybridized carbons (Fsp3) is 0.133. The highest BCUT2D eigenvalue weighted by Gasteiger charge is 2.19. The van der Waals surface area contributed by atoms with Gasteiger partial charge in [-0.3, -0.25) is 9.69 Å². The molecule has 0 radical (unpaired) electrons. The number of pyridine rings is 1. The van der Waals surface area contributed by atoms with E-state index < -0.39 is 12.5 Å². The molecule has 0 spiro atoms. The molecule has 0 N–H and O–H groups in total. The summed E-state index contributed by atoms with van der Waals surface area (Å²) >= 11 is 5.88. The number of nitriles is 1. The molecule has 0 bridgehead atoms. The summed E-state index contributed by atoms with van der Waals surface area (Å²) in [6.07, 6.45) is 1.29. The van der Waals surface area contributed by atoms with E-state index in [4.69, 9.17) is 16.9 Å². The second-order valence-corrected chi connectivity index (χ2v) is 4.80. The molecule has 1 amide bonds. The minimum atomic E-state index is -2.94. The van der Waals surface area contributed by atoms with Crippen LogP contribution in [0, 0.1) is 11.3 Å². The number of benzene rings is 1. The van der Waals surface area contributed by atoms with Crippen molar-refractivity contribution in [3.05, 3.63) is 47.2 Å². The van der Waals surface area contributed by atoms with Gasteiger partial charge in [-0.25, -0.2) is 4.98 Å². The molecular weight excluding hydrogens is 328 g/mol. The molecule has 0 atom stereocenters. The number of carbonyl (C=O) groups is 1. The number of carbonyl (C=O) groups excluding carboxylic acids is 1. The van der Waals surface area contributed by atoms with Crippen LogP contribution in [0.25, 0.3) is 0 Å². The Labute approximate surface area is 135 Å². The molecule has 118 valence electrons. The Morgan fingerprint density at radius 3 is 2.57 bits per heavy atom. The maximum atomic E-state index is 12.2. The number of ether oxygens (including phenoxy) is 1. The van der Waals surface area contributed by atoms with E-state index in [9.17, 15) is 13.6 Å². The number of nitrogens with zero attached hydrogens (tertiary/aromatic N) is 3. The summed E-state index contributed by atoms with van der Waals surface area (Å²) in [7, 11) is 0. The molecule has 8 heteroatoms. The average Bonchev–Trinajstić information content (AvgIpc) is 2.48. The van der Waals surface area contributed by atoms with Crippen LogP contribution in [0.5, 0.6) is 5.75 Å². The van der Waals surface area contributed by atoms with Gasteiger partial charge in [0.1, 0.15) is 11.8 Å². The van der Waals surface area contributed by atoms with E-state index in [1.165, 1.54) is 48.4 Å². The van der Waals surface area contributed by atoms with Crippen molar-refractivity contribution < 1.29 is 18.3 Å². The quantitative estimate of drug-likeness (QED) is 0.848. The standard InChI is InChI=1S/C15H10ClF2N3O2/c1-9(22)21(14-6-10(16)8-20-13(14)7-19)11-2-4-12(5-3-11)23-15(17)18/h2-6,8,15H,1H3. The zero-order valence-corrected chi connectivity index (χ0v) is 12.6. The SMILES string of the molecule is CC(=O)N(c1ccc(OC(F)F)cc1)c1cc(Cl)cnc1C#N. The van der Waals surface area contributed by atoms with Crippen molar-refractivity contribution in [2.75, 3.05) is 4.90 Å². The van der Waals surface area contributed by atoms with Crippen LogP contribution in [0.2, 0.25) is 5.02 Å². The topological polar surface area (TPSA) is 66.2 Å². The third-order valence-electron chi connectivity index (χ3n) is 2.82. The second kappa shape index (κ2) is 7.03. The number of rotatable bonds is 4. The summed E-state index contributed by atoms with van der Waals surface area (Å²) in [5, 5.41) is 9.39. The highest BCUT2D eigenvalue weighted by molar-refractivity contribution is 6.30. The third kappa shape index (κ3) is 3.93. The minimum Gasteiger partial charge on any atom is -0.435 e. The Hall–Kier alpha value is -2.72. The van der Waals surface area contributed by atoms with Crippen molar-refractivity contribution in [1.29, 1.82) is 5.26 Å². The van der Waals surface area contributed by atoms with E-state index in [1.807, 2.05) is 6.07 Å². The Morgan fingerprint density at radius 2 is 2.04 bits per heavy atom. The van der Waals surface area contributed by atoms with Crippen LogP contribution < -0.4 is 9.64 Å². The fourth-order valence-corrected chi connectivity index (χ4v) is 2.10. The predicted octanol–water partition coefficient (Wildman–Crippen LogP) is 3.89. The molecule has 2 rings (SSSR count). The maximum Gasteiger partial charge on any atom is 0.387 e. The lowest BCUT2D eigenvalue weighted by Crippen LogP contribution is -2.24. The lowest BCUT2D eigenvalue weighted by Gasteiger charge is -2.22. The number of amides is 1. The van der Waals surface area contributed by atoms with Crippen LogP contribution in [0.4, 0.5) is 20.2 Å². The molecule has 1 aromatic carbocycles. The van der Waals surface area contributed by atoms with E-state index in [0.717, 1.165) is 0 Å². The van der Waals surface area contributed by atoms with Gasteiger partial charge < -0.3 is 4.74 Å². The van der Waals surface area contributed by atoms with Crippen LogP contribution in [0.15, 0.2) is 36.5 Å². The summed E-state index contributed by atoms with van der Waals surface area (Å²) in [6, 6.07) is 8.73. The third-order valence-corrected chi connectivity index (χ3v) is 3.02. The second-order valence-electron chi connectivity index (χ2n) is 4.36. The van der Waals surface area contributed by atoms with Gasteiger partial charge in [0.05, 0.1) is 10.7 Å². The van der Waals surface area contributed by atoms with Crippen molar-refractivity contribution >= 4 is 28.9 Å². The number of aromatic nitrogens is 1. The van der Waals surface area contributed by atoms with Crippen LogP contribution in [-0.4, -0.2) is 17.5 Å². The van der Waals surface area contributed by atoms with Crippen molar-refractivity contribution in [2.45, 2.75) is 13.5 Å². The first-order chi connectivity index (χ1) is 10.9. The van der Waals surface area contributed by atoms with Crippen LogP contribution in [0.1, 0.15) is 12.6 Å². The molecule has 2 aromatic rings. The van der Waals surface area contributed by atoms with Crippen molar-refractivity contribution in [3.63, 3.8) is 0 Å². The maximum absolute atomic E-state index is 12.2. The first-order valence-electron chi connectivity index (χ1n) is 6.33. The Kier molecular flexibility index (Phi) is 5.09. The minimum absolute atomic E-state index is 0.0116. The smallest absolute Gasteiger partial charge is 0.387 e. The van der Waals surface area contributed by atoms with Gasteiger partial charge in [0, 0.05) is 18.8 Å². The van der Waals surface area contributed by atoms with E-state index in [-0.39, 0.29) is 22.2 Å². The largest absolute Gasteiger partial charge is 0.435 e. The predicted molar refractivity (Wildman–Crippen MR) is 79.9 cm³/mol. The molecule has 1 heterocycles. The van der Waals surface area contributed by atoms with Gasteiger partial charge in [0.25, 0.3) is 0 Å². The first kappa shape index (κ1) is 16.6. The first-order valence-corrected chi connectivity index (χ1v) is 6.71. The highest BCUT2D eigenvalue weighted by atomic mass is 35.5. The normalized spacial score (nSPS) is 10.3. The van der Waals surface area contributed by atoms with Gasteiger partial charge in [-0.05, 0) is 30.3 Å². The summed E-state index contributed by atoms with van der Waals surface area (Å²) in [4.78, 5) is 17.1. The number of hydrogen-bond donors (Lipinski definition) is 0. The van der Waals surface area contributed by atoms with Gasteiger partial charge in [0.15, 0.2) is 5.69 Å². The summed E-state index contributed by atoms with van der Waals surface area (Å²) in [6.45, 7) is -1.64. The molecular formula is C15H10ClF2N3O2.